The summed E-state index contributed by atoms with van der Waals surface area (Å²) < 4.78 is 4.75. The Kier molecular flexibility index (Phi) is 5.72. The van der Waals surface area contributed by atoms with E-state index < -0.39 is 5.97 Å². The number of aliphatic hydroxyl groups excluding tert-OH is 1. The fraction of sp³-hybridized carbons (Fsp3) is 0.375. The van der Waals surface area contributed by atoms with Crippen molar-refractivity contribution in [2.75, 3.05) is 39.2 Å². The minimum absolute atomic E-state index is 0.130. The molecule has 23 heavy (non-hydrogen) atoms. The van der Waals surface area contributed by atoms with E-state index in [2.05, 4.69) is 10.6 Å². The zero-order valence-electron chi connectivity index (χ0n) is 13.3. The molecule has 0 aromatic heterocycles. The molecule has 0 spiro atoms. The maximum absolute atomic E-state index is 12.4. The maximum Gasteiger partial charge on any atom is 0.337 e. The molecule has 1 heterocycles. The van der Waals surface area contributed by atoms with Gasteiger partial charge in [-0.2, -0.15) is 0 Å². The lowest BCUT2D eigenvalue weighted by atomic mass is 10.2. The molecule has 1 aromatic rings. The molecule has 1 aliphatic heterocycles. The number of esters is 1. The van der Waals surface area contributed by atoms with Gasteiger partial charge < -0.3 is 25.4 Å². The van der Waals surface area contributed by atoms with Crippen molar-refractivity contribution in [1.29, 1.82) is 0 Å². The van der Waals surface area contributed by atoms with Crippen LogP contribution in [0.15, 0.2) is 35.5 Å². The van der Waals surface area contributed by atoms with Gasteiger partial charge in [-0.25, -0.2) is 4.79 Å². The summed E-state index contributed by atoms with van der Waals surface area (Å²) in [5.41, 5.74) is 2.24. The molecule has 1 aromatic carbocycles. The van der Waals surface area contributed by atoms with E-state index in [4.69, 9.17) is 9.84 Å². The fourth-order valence-corrected chi connectivity index (χ4v) is 2.46. The molecular formula is C16H21N3O4. The summed E-state index contributed by atoms with van der Waals surface area (Å²) in [6.07, 6.45) is 0. The number of rotatable bonds is 7. The van der Waals surface area contributed by atoms with Crippen molar-refractivity contribution < 1.29 is 19.4 Å². The molecule has 0 unspecified atom stereocenters. The number of β-amino-alcohol motifs (C(OH)–C–C–N with tert-alkyl or cyclic N) is 1. The number of amides is 1. The van der Waals surface area contributed by atoms with Crippen LogP contribution in [0.25, 0.3) is 0 Å². The Labute approximate surface area is 134 Å². The quantitative estimate of drug-likeness (QED) is 0.617. The molecule has 7 heteroatoms. The third-order valence-electron chi connectivity index (χ3n) is 3.53. The maximum atomic E-state index is 12.4. The van der Waals surface area contributed by atoms with Crippen molar-refractivity contribution >= 4 is 17.6 Å². The number of hydrogen-bond donors (Lipinski definition) is 3. The lowest BCUT2D eigenvalue weighted by molar-refractivity contribution is -0.136. The monoisotopic (exact) mass is 319 g/mol. The van der Waals surface area contributed by atoms with E-state index in [1.807, 2.05) is 31.3 Å². The van der Waals surface area contributed by atoms with Gasteiger partial charge in [0, 0.05) is 18.8 Å². The summed E-state index contributed by atoms with van der Waals surface area (Å²) in [5.74, 6) is -0.869. The molecule has 0 fully saturated rings. The van der Waals surface area contributed by atoms with Crippen LogP contribution >= 0.6 is 0 Å². The molecule has 124 valence electrons. The number of hydrogen-bond acceptors (Lipinski definition) is 6. The van der Waals surface area contributed by atoms with E-state index in [0.717, 1.165) is 5.56 Å². The van der Waals surface area contributed by atoms with Crippen LogP contribution in [0, 0.1) is 0 Å². The number of carbonyl (C=O) groups is 2. The second-order valence-electron chi connectivity index (χ2n) is 5.15. The highest BCUT2D eigenvalue weighted by Gasteiger charge is 2.34. The van der Waals surface area contributed by atoms with Gasteiger partial charge in [-0.3, -0.25) is 4.79 Å². The summed E-state index contributed by atoms with van der Waals surface area (Å²) in [6.45, 7) is 0.836. The highest BCUT2D eigenvalue weighted by molar-refractivity contribution is 6.08. The van der Waals surface area contributed by atoms with Crippen LogP contribution in [0.1, 0.15) is 5.56 Å². The predicted octanol–water partition coefficient (Wildman–Crippen LogP) is 0.0795. The smallest absolute Gasteiger partial charge is 0.337 e. The third kappa shape index (κ3) is 3.88. The molecular weight excluding hydrogens is 298 g/mol. The molecule has 7 nitrogen and oxygen atoms in total. The van der Waals surface area contributed by atoms with Gasteiger partial charge >= 0.3 is 5.97 Å². The summed E-state index contributed by atoms with van der Waals surface area (Å²) in [5, 5.41) is 15.1. The first-order valence-corrected chi connectivity index (χ1v) is 7.32. The minimum atomic E-state index is -0.548. The second-order valence-corrected chi connectivity index (χ2v) is 5.15. The topological polar surface area (TPSA) is 90.9 Å². The average Bonchev–Trinajstić information content (AvgIpc) is 2.85. The molecule has 3 N–H and O–H groups in total. The summed E-state index contributed by atoms with van der Waals surface area (Å²) >= 11 is 0. The molecule has 0 aliphatic carbocycles. The fourth-order valence-electron chi connectivity index (χ4n) is 2.46. The van der Waals surface area contributed by atoms with Gasteiger partial charge in [0.2, 0.25) is 0 Å². The molecule has 0 saturated heterocycles. The van der Waals surface area contributed by atoms with Crippen LogP contribution in [0.3, 0.4) is 0 Å². The van der Waals surface area contributed by atoms with Crippen molar-refractivity contribution in [2.24, 2.45) is 0 Å². The lowest BCUT2D eigenvalue weighted by Crippen LogP contribution is -2.31. The Balaban J connectivity index is 2.27. The Morgan fingerprint density at radius 1 is 1.43 bits per heavy atom. The van der Waals surface area contributed by atoms with Crippen molar-refractivity contribution in [3.63, 3.8) is 0 Å². The highest BCUT2D eigenvalue weighted by Crippen LogP contribution is 2.23. The minimum Gasteiger partial charge on any atom is -0.466 e. The first-order valence-electron chi connectivity index (χ1n) is 7.32. The third-order valence-corrected chi connectivity index (χ3v) is 3.53. The summed E-state index contributed by atoms with van der Waals surface area (Å²) in [4.78, 5) is 25.7. The normalized spacial score (nSPS) is 14.4. The first-order chi connectivity index (χ1) is 11.1. The van der Waals surface area contributed by atoms with E-state index in [9.17, 15) is 9.59 Å². The van der Waals surface area contributed by atoms with Gasteiger partial charge in [-0.05, 0) is 24.7 Å². The standard InChI is InChI=1S/C16H21N3O4/c1-17-9-11-4-3-5-12(8-11)18-14-13(16(22)23-2)10-19(6-7-20)15(14)21/h3-5,8,17-18,20H,6-7,9-10H2,1-2H3. The van der Waals surface area contributed by atoms with E-state index in [-0.39, 0.29) is 36.9 Å². The van der Waals surface area contributed by atoms with E-state index in [1.54, 1.807) is 0 Å². The van der Waals surface area contributed by atoms with Gasteiger partial charge in [-0.1, -0.05) is 12.1 Å². The Hall–Kier alpha value is -2.38. The number of nitrogens with zero attached hydrogens (tertiary/aromatic N) is 1. The Morgan fingerprint density at radius 2 is 2.22 bits per heavy atom. The molecule has 0 atom stereocenters. The Bertz CT molecular complexity index is 628. The molecule has 0 saturated carbocycles. The van der Waals surface area contributed by atoms with Gasteiger partial charge in [-0.15, -0.1) is 0 Å². The van der Waals surface area contributed by atoms with Crippen LogP contribution < -0.4 is 10.6 Å². The molecule has 0 bridgehead atoms. The van der Waals surface area contributed by atoms with Gasteiger partial charge in [0.1, 0.15) is 5.70 Å². The van der Waals surface area contributed by atoms with Crippen molar-refractivity contribution in [1.82, 2.24) is 10.2 Å². The van der Waals surface area contributed by atoms with Crippen LogP contribution in [-0.4, -0.2) is 55.7 Å². The molecule has 0 radical (unpaired) electrons. The second kappa shape index (κ2) is 7.75. The first kappa shape index (κ1) is 17.0. The largest absolute Gasteiger partial charge is 0.466 e. The predicted molar refractivity (Wildman–Crippen MR) is 85.5 cm³/mol. The highest BCUT2D eigenvalue weighted by atomic mass is 16.5. The summed E-state index contributed by atoms with van der Waals surface area (Å²) in [7, 11) is 3.13. The van der Waals surface area contributed by atoms with Gasteiger partial charge in [0.05, 0.1) is 25.8 Å². The zero-order valence-corrected chi connectivity index (χ0v) is 13.3. The van der Waals surface area contributed by atoms with Gasteiger partial charge in [0.15, 0.2) is 0 Å². The van der Waals surface area contributed by atoms with Crippen molar-refractivity contribution in [2.45, 2.75) is 6.54 Å². The van der Waals surface area contributed by atoms with Crippen LogP contribution in [0.5, 0.6) is 0 Å². The zero-order chi connectivity index (χ0) is 16.8. The number of methoxy groups -OCH3 is 1. The Morgan fingerprint density at radius 3 is 2.87 bits per heavy atom. The average molecular weight is 319 g/mol. The van der Waals surface area contributed by atoms with E-state index in [1.165, 1.54) is 12.0 Å². The van der Waals surface area contributed by atoms with Crippen molar-refractivity contribution in [3.8, 4) is 0 Å². The number of nitrogens with one attached hydrogen (secondary N) is 2. The number of anilines is 1. The number of carbonyl (C=O) groups excluding carboxylic acids is 2. The number of benzene rings is 1. The lowest BCUT2D eigenvalue weighted by Gasteiger charge is -2.15. The van der Waals surface area contributed by atoms with E-state index >= 15 is 0 Å². The molecule has 1 aliphatic rings. The van der Waals surface area contributed by atoms with Crippen LogP contribution in [0.2, 0.25) is 0 Å². The number of aliphatic hydroxyl groups is 1. The van der Waals surface area contributed by atoms with Crippen LogP contribution in [0.4, 0.5) is 5.69 Å². The van der Waals surface area contributed by atoms with Gasteiger partial charge in [0.25, 0.3) is 5.91 Å². The molecule has 1 amide bonds. The number of ether oxygens (including phenoxy) is 1. The summed E-state index contributed by atoms with van der Waals surface area (Å²) in [6, 6.07) is 7.56. The molecule has 2 rings (SSSR count). The van der Waals surface area contributed by atoms with E-state index in [0.29, 0.717) is 12.2 Å². The van der Waals surface area contributed by atoms with Crippen LogP contribution in [-0.2, 0) is 20.9 Å². The van der Waals surface area contributed by atoms with Crippen molar-refractivity contribution in [3.05, 3.63) is 41.1 Å². The SMILES string of the molecule is CNCc1cccc(NC2=C(C(=O)OC)CN(CCO)C2=O)c1.